The molecule has 1 heterocycles. The molecule has 2 aromatic rings. The molecule has 0 radical (unpaired) electrons. The Morgan fingerprint density at radius 1 is 1.03 bits per heavy atom. The summed E-state index contributed by atoms with van der Waals surface area (Å²) in [4.78, 5) is 3.76. The maximum absolute atomic E-state index is 12.7. The van der Waals surface area contributed by atoms with Gasteiger partial charge in [-0.15, -0.1) is 10.2 Å². The lowest BCUT2D eigenvalue weighted by Gasteiger charge is -2.14. The van der Waals surface area contributed by atoms with Gasteiger partial charge in [0.05, 0.1) is 17.9 Å². The normalized spacial score (nSPS) is 15.2. The number of hydrogen-bond donors (Lipinski definition) is 0. The lowest BCUT2D eigenvalue weighted by molar-refractivity contribution is -0.137. The number of ether oxygens (including phenoxy) is 1. The summed E-state index contributed by atoms with van der Waals surface area (Å²) in [6, 6.07) is 8.00. The first-order valence-corrected chi connectivity index (χ1v) is 10.7. The molecule has 1 saturated carbocycles. The van der Waals surface area contributed by atoms with Gasteiger partial charge in [0, 0.05) is 6.20 Å². The van der Waals surface area contributed by atoms with E-state index in [-0.39, 0.29) is 5.82 Å². The van der Waals surface area contributed by atoms with Crippen LogP contribution in [0, 0.1) is 0 Å². The zero-order valence-corrected chi connectivity index (χ0v) is 17.3. The molecule has 0 atom stereocenters. The molecule has 0 unspecified atom stereocenters. The molecule has 4 nitrogen and oxygen atoms in total. The quantitative estimate of drug-likeness (QED) is 0.304. The average molecular weight is 419 g/mol. The molecule has 7 heteroatoms. The molecular weight excluding hydrogens is 391 g/mol. The molecule has 0 saturated heterocycles. The number of halogens is 3. The third-order valence-corrected chi connectivity index (χ3v) is 5.40. The van der Waals surface area contributed by atoms with Gasteiger partial charge >= 0.3 is 6.18 Å². The molecule has 1 aromatic carbocycles. The van der Waals surface area contributed by atoms with E-state index in [0.717, 1.165) is 48.5 Å². The molecule has 3 rings (SSSR count). The summed E-state index contributed by atoms with van der Waals surface area (Å²) in [7, 11) is 0. The SMILES string of the molecule is CCCCCCOc1ccc(N=Nc2ccc(C(F)(F)F)cn2)c(C2CCCC2)c1. The van der Waals surface area contributed by atoms with Crippen molar-refractivity contribution in [3.63, 3.8) is 0 Å². The summed E-state index contributed by atoms with van der Waals surface area (Å²) in [5.41, 5.74) is 1.02. The van der Waals surface area contributed by atoms with Crippen LogP contribution < -0.4 is 4.74 Å². The van der Waals surface area contributed by atoms with E-state index in [0.29, 0.717) is 12.5 Å². The zero-order chi connectivity index (χ0) is 21.4. The number of hydrogen-bond acceptors (Lipinski definition) is 4. The molecule has 0 N–H and O–H groups in total. The van der Waals surface area contributed by atoms with Crippen LogP contribution in [0.4, 0.5) is 24.7 Å². The highest BCUT2D eigenvalue weighted by molar-refractivity contribution is 5.52. The fourth-order valence-electron chi connectivity index (χ4n) is 3.71. The van der Waals surface area contributed by atoms with E-state index in [4.69, 9.17) is 4.74 Å². The second-order valence-corrected chi connectivity index (χ2v) is 7.71. The van der Waals surface area contributed by atoms with Crippen LogP contribution in [-0.2, 0) is 6.18 Å². The highest BCUT2D eigenvalue weighted by Gasteiger charge is 2.30. The molecular formula is C23H28F3N3O. The summed E-state index contributed by atoms with van der Waals surface area (Å²) < 4.78 is 44.0. The van der Waals surface area contributed by atoms with E-state index >= 15 is 0 Å². The highest BCUT2D eigenvalue weighted by atomic mass is 19.4. The standard InChI is InChI=1S/C23H28F3N3O/c1-2-3-4-7-14-30-19-11-12-21(20(15-19)17-8-5-6-9-17)28-29-22-13-10-18(16-27-22)23(24,25)26/h10-13,15-17H,2-9,14H2,1H3. The predicted molar refractivity (Wildman–Crippen MR) is 111 cm³/mol. The Morgan fingerprint density at radius 3 is 2.50 bits per heavy atom. The van der Waals surface area contributed by atoms with E-state index in [1.165, 1.54) is 38.2 Å². The molecule has 1 aromatic heterocycles. The molecule has 0 bridgehead atoms. The lowest BCUT2D eigenvalue weighted by Crippen LogP contribution is -2.04. The topological polar surface area (TPSA) is 46.8 Å². The number of alkyl halides is 3. The van der Waals surface area contributed by atoms with Crippen molar-refractivity contribution < 1.29 is 17.9 Å². The monoisotopic (exact) mass is 419 g/mol. The number of rotatable bonds is 9. The second-order valence-electron chi connectivity index (χ2n) is 7.71. The van der Waals surface area contributed by atoms with Gasteiger partial charge in [0.15, 0.2) is 5.82 Å². The fraction of sp³-hybridized carbons (Fsp3) is 0.522. The van der Waals surface area contributed by atoms with E-state index in [2.05, 4.69) is 22.1 Å². The minimum Gasteiger partial charge on any atom is -0.494 e. The highest BCUT2D eigenvalue weighted by Crippen LogP contribution is 2.41. The molecule has 162 valence electrons. The van der Waals surface area contributed by atoms with Crippen LogP contribution >= 0.6 is 0 Å². The van der Waals surface area contributed by atoms with Crippen LogP contribution in [0.5, 0.6) is 5.75 Å². The van der Waals surface area contributed by atoms with Gasteiger partial charge in [0.1, 0.15) is 5.75 Å². The zero-order valence-electron chi connectivity index (χ0n) is 17.3. The van der Waals surface area contributed by atoms with Crippen LogP contribution in [-0.4, -0.2) is 11.6 Å². The van der Waals surface area contributed by atoms with Crippen molar-refractivity contribution in [3.05, 3.63) is 47.7 Å². The van der Waals surface area contributed by atoms with Crippen LogP contribution in [0.25, 0.3) is 0 Å². The van der Waals surface area contributed by atoms with Crippen LogP contribution in [0.3, 0.4) is 0 Å². The van der Waals surface area contributed by atoms with Gasteiger partial charge in [-0.3, -0.25) is 0 Å². The largest absolute Gasteiger partial charge is 0.494 e. The molecule has 1 fully saturated rings. The van der Waals surface area contributed by atoms with Crippen LogP contribution in [0.1, 0.15) is 75.3 Å². The minimum atomic E-state index is -4.41. The molecule has 30 heavy (non-hydrogen) atoms. The first kappa shape index (κ1) is 22.2. The molecule has 0 spiro atoms. The van der Waals surface area contributed by atoms with Gasteiger partial charge in [0.25, 0.3) is 0 Å². The van der Waals surface area contributed by atoms with Gasteiger partial charge in [0.2, 0.25) is 0 Å². The second kappa shape index (κ2) is 10.5. The molecule has 1 aliphatic rings. The van der Waals surface area contributed by atoms with Crippen molar-refractivity contribution in [3.8, 4) is 5.75 Å². The Labute approximate surface area is 175 Å². The molecule has 1 aliphatic carbocycles. The van der Waals surface area contributed by atoms with Crippen molar-refractivity contribution >= 4 is 11.5 Å². The Hall–Kier alpha value is -2.44. The number of aromatic nitrogens is 1. The van der Waals surface area contributed by atoms with E-state index < -0.39 is 11.7 Å². The van der Waals surface area contributed by atoms with Gasteiger partial charge < -0.3 is 4.74 Å². The Balaban J connectivity index is 1.73. The minimum absolute atomic E-state index is 0.150. The number of azo groups is 1. The van der Waals surface area contributed by atoms with E-state index in [1.807, 2.05) is 18.2 Å². The Bertz CT molecular complexity index is 829. The number of benzene rings is 1. The van der Waals surface area contributed by atoms with E-state index in [1.54, 1.807) is 0 Å². The summed E-state index contributed by atoms with van der Waals surface area (Å²) in [5.74, 6) is 1.39. The molecule has 0 aliphatic heterocycles. The van der Waals surface area contributed by atoms with Crippen molar-refractivity contribution in [2.45, 2.75) is 70.4 Å². The van der Waals surface area contributed by atoms with Crippen molar-refractivity contribution in [2.75, 3.05) is 6.61 Å². The first-order chi connectivity index (χ1) is 14.5. The lowest BCUT2D eigenvalue weighted by atomic mass is 9.96. The van der Waals surface area contributed by atoms with Gasteiger partial charge in [-0.1, -0.05) is 39.0 Å². The fourth-order valence-corrected chi connectivity index (χ4v) is 3.71. The van der Waals surface area contributed by atoms with Crippen molar-refractivity contribution in [1.82, 2.24) is 4.98 Å². The van der Waals surface area contributed by atoms with Crippen molar-refractivity contribution in [2.24, 2.45) is 10.2 Å². The third kappa shape index (κ3) is 6.28. The van der Waals surface area contributed by atoms with E-state index in [9.17, 15) is 13.2 Å². The number of nitrogens with zero attached hydrogens (tertiary/aromatic N) is 3. The average Bonchev–Trinajstić information content (AvgIpc) is 3.27. The van der Waals surface area contributed by atoms with Gasteiger partial charge in [-0.2, -0.15) is 13.2 Å². The summed E-state index contributed by atoms with van der Waals surface area (Å²) in [6.07, 6.45) is 5.54. The predicted octanol–water partition coefficient (Wildman–Crippen LogP) is 8.13. The Morgan fingerprint density at radius 2 is 1.83 bits per heavy atom. The maximum atomic E-state index is 12.7. The maximum Gasteiger partial charge on any atom is 0.417 e. The summed E-state index contributed by atoms with van der Waals surface area (Å²) >= 11 is 0. The first-order valence-electron chi connectivity index (χ1n) is 10.7. The van der Waals surface area contributed by atoms with Gasteiger partial charge in [-0.05, 0) is 61.1 Å². The Kier molecular flexibility index (Phi) is 7.82. The van der Waals surface area contributed by atoms with Crippen LogP contribution in [0.15, 0.2) is 46.8 Å². The van der Waals surface area contributed by atoms with Crippen LogP contribution in [0.2, 0.25) is 0 Å². The molecule has 0 amide bonds. The van der Waals surface area contributed by atoms with Gasteiger partial charge in [-0.25, -0.2) is 4.98 Å². The number of pyridine rings is 1. The number of unbranched alkanes of at least 4 members (excludes halogenated alkanes) is 3. The van der Waals surface area contributed by atoms with Crippen molar-refractivity contribution in [1.29, 1.82) is 0 Å². The summed E-state index contributed by atoms with van der Waals surface area (Å²) in [6.45, 7) is 2.88. The summed E-state index contributed by atoms with van der Waals surface area (Å²) in [5, 5.41) is 8.36. The third-order valence-electron chi connectivity index (χ3n) is 5.40. The smallest absolute Gasteiger partial charge is 0.417 e.